The van der Waals surface area contributed by atoms with Crippen LogP contribution < -0.4 is 5.73 Å². The Morgan fingerprint density at radius 1 is 1.25 bits per heavy atom. The number of hydrogen-bond acceptors (Lipinski definition) is 3. The molecule has 0 amide bonds. The Labute approximate surface area is 91.2 Å². The van der Waals surface area contributed by atoms with Gasteiger partial charge in [-0.05, 0) is 37.4 Å². The van der Waals surface area contributed by atoms with E-state index < -0.39 is 22.2 Å². The van der Waals surface area contributed by atoms with Crippen LogP contribution in [0.1, 0.15) is 18.4 Å². The summed E-state index contributed by atoms with van der Waals surface area (Å²) in [7, 11) is 0. The van der Waals surface area contributed by atoms with E-state index in [1.807, 2.05) is 0 Å². The van der Waals surface area contributed by atoms with E-state index in [4.69, 9.17) is 5.73 Å². The van der Waals surface area contributed by atoms with Crippen molar-refractivity contribution in [2.24, 2.45) is 5.73 Å². The Bertz CT molecular complexity index is 397. The molecule has 0 heterocycles. The normalized spacial score (nSPS) is 10.4. The molecule has 0 aromatic heterocycles. The summed E-state index contributed by atoms with van der Waals surface area (Å²) in [4.78, 5) is 9.39. The number of nitrogens with two attached hydrogens (primary N) is 1. The van der Waals surface area contributed by atoms with Crippen LogP contribution in [0, 0.1) is 21.7 Å². The zero-order valence-corrected chi connectivity index (χ0v) is 8.58. The molecule has 0 unspecified atom stereocenters. The molecule has 0 bridgehead atoms. The third kappa shape index (κ3) is 2.96. The number of nitro groups is 1. The summed E-state index contributed by atoms with van der Waals surface area (Å²) in [6.07, 6.45) is 1.67. The summed E-state index contributed by atoms with van der Waals surface area (Å²) in [5, 5.41) is 10.3. The predicted octanol–water partition coefficient (Wildman–Crippen LogP) is 2.15. The van der Waals surface area contributed by atoms with Crippen molar-refractivity contribution in [1.82, 2.24) is 0 Å². The largest absolute Gasteiger partial charge is 0.330 e. The van der Waals surface area contributed by atoms with E-state index in [1.54, 1.807) is 0 Å². The van der Waals surface area contributed by atoms with Crippen LogP contribution in [0.4, 0.5) is 14.5 Å². The molecular weight excluding hydrogens is 218 g/mol. The van der Waals surface area contributed by atoms with Crippen molar-refractivity contribution < 1.29 is 13.7 Å². The van der Waals surface area contributed by atoms with Gasteiger partial charge < -0.3 is 5.73 Å². The second kappa shape index (κ2) is 5.50. The lowest BCUT2D eigenvalue weighted by atomic mass is 10.1. The number of nitrogens with zero attached hydrogens (tertiary/aromatic N) is 1. The van der Waals surface area contributed by atoms with Gasteiger partial charge in [0.05, 0.1) is 11.0 Å². The second-order valence-corrected chi connectivity index (χ2v) is 3.40. The first-order valence-electron chi connectivity index (χ1n) is 4.88. The molecule has 4 nitrogen and oxygen atoms in total. The zero-order chi connectivity index (χ0) is 12.1. The number of aryl methyl sites for hydroxylation is 1. The maximum absolute atomic E-state index is 13.3. The Hall–Kier alpha value is -1.56. The Kier molecular flexibility index (Phi) is 4.30. The molecule has 0 fully saturated rings. The highest BCUT2D eigenvalue weighted by molar-refractivity contribution is 5.36. The Morgan fingerprint density at radius 2 is 1.94 bits per heavy atom. The smallest absolute Gasteiger partial charge is 0.307 e. The van der Waals surface area contributed by atoms with Gasteiger partial charge >= 0.3 is 5.69 Å². The highest BCUT2D eigenvalue weighted by Gasteiger charge is 2.17. The molecule has 0 atom stereocenters. The lowest BCUT2D eigenvalue weighted by Gasteiger charge is -2.03. The fourth-order valence-corrected chi connectivity index (χ4v) is 1.37. The average Bonchev–Trinajstić information content (AvgIpc) is 2.22. The van der Waals surface area contributed by atoms with Crippen LogP contribution in [-0.2, 0) is 6.42 Å². The molecule has 0 aliphatic carbocycles. The zero-order valence-electron chi connectivity index (χ0n) is 8.58. The van der Waals surface area contributed by atoms with Crippen LogP contribution >= 0.6 is 0 Å². The summed E-state index contributed by atoms with van der Waals surface area (Å²) < 4.78 is 26.5. The molecule has 0 spiro atoms. The third-order valence-corrected chi connectivity index (χ3v) is 2.21. The number of rotatable bonds is 5. The van der Waals surface area contributed by atoms with E-state index in [1.165, 1.54) is 0 Å². The summed E-state index contributed by atoms with van der Waals surface area (Å²) >= 11 is 0. The van der Waals surface area contributed by atoms with E-state index in [0.717, 1.165) is 6.07 Å². The van der Waals surface area contributed by atoms with Crippen LogP contribution in [0.2, 0.25) is 0 Å². The van der Waals surface area contributed by atoms with Gasteiger partial charge in [-0.15, -0.1) is 0 Å². The first kappa shape index (κ1) is 12.5. The molecule has 1 aromatic carbocycles. The van der Waals surface area contributed by atoms with Gasteiger partial charge in [-0.1, -0.05) is 0 Å². The van der Waals surface area contributed by atoms with Crippen molar-refractivity contribution in [3.05, 3.63) is 39.4 Å². The van der Waals surface area contributed by atoms with Crippen molar-refractivity contribution in [3.63, 3.8) is 0 Å². The van der Waals surface area contributed by atoms with Crippen molar-refractivity contribution >= 4 is 5.69 Å². The molecule has 16 heavy (non-hydrogen) atoms. The minimum Gasteiger partial charge on any atom is -0.330 e. The molecule has 88 valence electrons. The van der Waals surface area contributed by atoms with E-state index in [-0.39, 0.29) is 5.56 Å². The van der Waals surface area contributed by atoms with Crippen LogP contribution in [0.5, 0.6) is 0 Å². The number of benzene rings is 1. The van der Waals surface area contributed by atoms with Crippen LogP contribution in [-0.4, -0.2) is 11.5 Å². The van der Waals surface area contributed by atoms with Crippen molar-refractivity contribution in [2.45, 2.75) is 19.3 Å². The summed E-state index contributed by atoms with van der Waals surface area (Å²) in [6.45, 7) is 0.483. The highest BCUT2D eigenvalue weighted by Crippen LogP contribution is 2.22. The SMILES string of the molecule is NCCCCc1cc(F)c([N+](=O)[O-])cc1F. The van der Waals surface area contributed by atoms with Crippen molar-refractivity contribution in [3.8, 4) is 0 Å². The standard InChI is InChI=1S/C10H12F2N2O2/c11-8-6-10(14(15)16)9(12)5-7(8)3-1-2-4-13/h5-6H,1-4,13H2. The van der Waals surface area contributed by atoms with Gasteiger partial charge in [0, 0.05) is 0 Å². The van der Waals surface area contributed by atoms with E-state index in [2.05, 4.69) is 0 Å². The van der Waals surface area contributed by atoms with E-state index in [9.17, 15) is 18.9 Å². The molecule has 0 radical (unpaired) electrons. The van der Waals surface area contributed by atoms with Crippen molar-refractivity contribution in [1.29, 1.82) is 0 Å². The number of unbranched alkanes of at least 4 members (excludes halogenated alkanes) is 1. The predicted molar refractivity (Wildman–Crippen MR) is 55.0 cm³/mol. The van der Waals surface area contributed by atoms with Gasteiger partial charge in [-0.25, -0.2) is 4.39 Å². The maximum atomic E-state index is 13.3. The molecule has 1 aromatic rings. The molecule has 2 N–H and O–H groups in total. The Balaban J connectivity index is 2.88. The summed E-state index contributed by atoms with van der Waals surface area (Å²) in [6, 6.07) is 1.50. The van der Waals surface area contributed by atoms with Crippen molar-refractivity contribution in [2.75, 3.05) is 6.54 Å². The molecule has 0 aliphatic heterocycles. The average molecular weight is 230 g/mol. The second-order valence-electron chi connectivity index (χ2n) is 3.40. The highest BCUT2D eigenvalue weighted by atomic mass is 19.1. The minimum atomic E-state index is -1.01. The van der Waals surface area contributed by atoms with Gasteiger partial charge in [0.2, 0.25) is 5.82 Å². The fraction of sp³-hybridized carbons (Fsp3) is 0.400. The number of hydrogen-bond donors (Lipinski definition) is 1. The summed E-state index contributed by atoms with van der Waals surface area (Å²) in [5.41, 5.74) is 4.58. The molecule has 0 saturated heterocycles. The molecule has 0 aliphatic rings. The maximum Gasteiger partial charge on any atom is 0.307 e. The molecular formula is C10H12F2N2O2. The topological polar surface area (TPSA) is 69.2 Å². The Morgan fingerprint density at radius 3 is 2.50 bits per heavy atom. The van der Waals surface area contributed by atoms with Gasteiger partial charge in [-0.2, -0.15) is 4.39 Å². The lowest BCUT2D eigenvalue weighted by molar-refractivity contribution is -0.387. The van der Waals surface area contributed by atoms with Crippen LogP contribution in [0.3, 0.4) is 0 Å². The fourth-order valence-electron chi connectivity index (χ4n) is 1.37. The summed E-state index contributed by atoms with van der Waals surface area (Å²) in [5.74, 6) is -1.75. The lowest BCUT2D eigenvalue weighted by Crippen LogP contribution is -2.01. The molecule has 1 rings (SSSR count). The minimum absolute atomic E-state index is 0.150. The number of halogens is 2. The van der Waals surface area contributed by atoms with E-state index >= 15 is 0 Å². The van der Waals surface area contributed by atoms with Gasteiger partial charge in [0.15, 0.2) is 0 Å². The van der Waals surface area contributed by atoms with Gasteiger partial charge in [0.1, 0.15) is 5.82 Å². The van der Waals surface area contributed by atoms with E-state index in [0.29, 0.717) is 31.9 Å². The molecule has 6 heteroatoms. The monoisotopic (exact) mass is 230 g/mol. The van der Waals surface area contributed by atoms with Crippen LogP contribution in [0.15, 0.2) is 12.1 Å². The first-order valence-corrected chi connectivity index (χ1v) is 4.88. The third-order valence-electron chi connectivity index (χ3n) is 2.21. The molecule has 0 saturated carbocycles. The number of nitro benzene ring substituents is 1. The van der Waals surface area contributed by atoms with Crippen LogP contribution in [0.25, 0.3) is 0 Å². The first-order chi connectivity index (χ1) is 7.56. The van der Waals surface area contributed by atoms with Gasteiger partial charge in [-0.3, -0.25) is 10.1 Å². The van der Waals surface area contributed by atoms with Gasteiger partial charge in [0.25, 0.3) is 0 Å². The quantitative estimate of drug-likeness (QED) is 0.478.